The molecule has 1 N–H and O–H groups in total. The second-order valence-electron chi connectivity index (χ2n) is 2.75. The molecule has 0 fully saturated rings. The average molecular weight is 225 g/mol. The Hall–Kier alpha value is -1.57. The van der Waals surface area contributed by atoms with Crippen LogP contribution in [-0.4, -0.2) is 18.5 Å². The lowest BCUT2D eigenvalue weighted by Gasteiger charge is -1.95. The van der Waals surface area contributed by atoms with E-state index < -0.39 is 4.92 Å². The van der Waals surface area contributed by atoms with Gasteiger partial charge in [0.1, 0.15) is 5.56 Å². The van der Waals surface area contributed by atoms with Crippen molar-refractivity contribution in [2.45, 2.75) is 0 Å². The van der Waals surface area contributed by atoms with E-state index in [0.29, 0.717) is 17.1 Å². The molecule has 4 nitrogen and oxygen atoms in total. The highest BCUT2D eigenvalue weighted by Gasteiger charge is 2.11. The molecule has 1 aromatic rings. The zero-order chi connectivity index (χ0) is 11.3. The van der Waals surface area contributed by atoms with Crippen LogP contribution in [-0.2, 0) is 0 Å². The largest absolute Gasteiger partial charge is 0.309 e. The van der Waals surface area contributed by atoms with Crippen molar-refractivity contribution in [2.75, 3.05) is 13.6 Å². The lowest BCUT2D eigenvalue weighted by molar-refractivity contribution is -0.385. The first-order valence-electron chi connectivity index (χ1n) is 4.22. The van der Waals surface area contributed by atoms with Gasteiger partial charge in [-0.2, -0.15) is 0 Å². The summed E-state index contributed by atoms with van der Waals surface area (Å²) in [4.78, 5) is 10.2. The van der Waals surface area contributed by atoms with Crippen molar-refractivity contribution in [3.63, 3.8) is 0 Å². The number of nitrogens with zero attached hydrogens (tertiary/aromatic N) is 1. The molecule has 0 saturated carbocycles. The Kier molecular flexibility index (Phi) is 4.10. The summed E-state index contributed by atoms with van der Waals surface area (Å²) in [6.45, 7) is 0.486. The molecule has 0 heterocycles. The Morgan fingerprint density at radius 1 is 1.60 bits per heavy atom. The highest BCUT2D eigenvalue weighted by atomic mass is 35.5. The van der Waals surface area contributed by atoms with E-state index in [0.717, 1.165) is 0 Å². The van der Waals surface area contributed by atoms with Crippen LogP contribution in [0.1, 0.15) is 5.56 Å². The van der Waals surface area contributed by atoms with Gasteiger partial charge in [-0.3, -0.25) is 10.1 Å². The van der Waals surface area contributed by atoms with Crippen LogP contribution in [0.25, 0.3) is 0 Å². The Morgan fingerprint density at radius 3 is 2.93 bits per heavy atom. The fourth-order valence-electron chi connectivity index (χ4n) is 0.989. The molecule has 0 atom stereocenters. The SMILES string of the molecule is CNCC#Cc1ccc(Cl)cc1[N+](=O)[O-]. The van der Waals surface area contributed by atoms with Crippen molar-refractivity contribution in [1.82, 2.24) is 5.32 Å². The minimum absolute atomic E-state index is 0.0638. The first-order chi connectivity index (χ1) is 7.15. The molecular formula is C10H9ClN2O2. The smallest absolute Gasteiger partial charge is 0.286 e. The quantitative estimate of drug-likeness (QED) is 0.474. The molecule has 0 aromatic heterocycles. The van der Waals surface area contributed by atoms with Crippen LogP contribution in [0.4, 0.5) is 5.69 Å². The summed E-state index contributed by atoms with van der Waals surface area (Å²) in [6.07, 6.45) is 0. The second kappa shape index (κ2) is 5.35. The van der Waals surface area contributed by atoms with Gasteiger partial charge in [0.05, 0.1) is 11.5 Å². The highest BCUT2D eigenvalue weighted by molar-refractivity contribution is 6.30. The summed E-state index contributed by atoms with van der Waals surface area (Å²) in [5.41, 5.74) is 0.311. The second-order valence-corrected chi connectivity index (χ2v) is 3.19. The third kappa shape index (κ3) is 3.24. The van der Waals surface area contributed by atoms with E-state index in [2.05, 4.69) is 17.2 Å². The van der Waals surface area contributed by atoms with Gasteiger partial charge in [0.2, 0.25) is 0 Å². The van der Waals surface area contributed by atoms with Crippen molar-refractivity contribution >= 4 is 17.3 Å². The zero-order valence-electron chi connectivity index (χ0n) is 8.08. The molecule has 15 heavy (non-hydrogen) atoms. The van der Waals surface area contributed by atoms with Gasteiger partial charge in [-0.05, 0) is 19.2 Å². The summed E-state index contributed by atoms with van der Waals surface area (Å²) in [5.74, 6) is 5.47. The number of benzene rings is 1. The predicted octanol–water partition coefficient (Wildman–Crippen LogP) is 1.82. The molecule has 78 valence electrons. The molecule has 0 unspecified atom stereocenters. The van der Waals surface area contributed by atoms with Crippen LogP contribution in [0.5, 0.6) is 0 Å². The number of hydrogen-bond donors (Lipinski definition) is 1. The molecule has 0 radical (unpaired) electrons. The summed E-state index contributed by atoms with van der Waals surface area (Å²) < 4.78 is 0. The molecule has 0 aliphatic carbocycles. The first-order valence-corrected chi connectivity index (χ1v) is 4.60. The summed E-state index contributed by atoms with van der Waals surface area (Å²) >= 11 is 5.66. The van der Waals surface area contributed by atoms with Crippen LogP contribution in [0, 0.1) is 22.0 Å². The van der Waals surface area contributed by atoms with Gasteiger partial charge in [-0.25, -0.2) is 0 Å². The molecule has 5 heteroatoms. The van der Waals surface area contributed by atoms with E-state index in [9.17, 15) is 10.1 Å². The van der Waals surface area contributed by atoms with E-state index >= 15 is 0 Å². The predicted molar refractivity (Wildman–Crippen MR) is 58.9 cm³/mol. The Morgan fingerprint density at radius 2 is 2.33 bits per heavy atom. The summed E-state index contributed by atoms with van der Waals surface area (Å²) in [6, 6.07) is 4.42. The van der Waals surface area contributed by atoms with Crippen molar-refractivity contribution in [3.8, 4) is 11.8 Å². The third-order valence-corrected chi connectivity index (χ3v) is 1.88. The first kappa shape index (κ1) is 11.5. The van der Waals surface area contributed by atoms with Crippen LogP contribution in [0.3, 0.4) is 0 Å². The molecule has 1 aromatic carbocycles. The molecule has 1 rings (SSSR count). The maximum absolute atomic E-state index is 10.7. The standard InChI is InChI=1S/C10H9ClN2O2/c1-12-6-2-3-8-4-5-9(11)7-10(8)13(14)15/h4-5,7,12H,6H2,1H3. The van der Waals surface area contributed by atoms with Crippen molar-refractivity contribution < 1.29 is 4.92 Å². The molecule has 0 saturated heterocycles. The summed E-state index contributed by atoms with van der Waals surface area (Å²) in [5, 5.41) is 13.8. The molecule has 0 aliphatic heterocycles. The van der Waals surface area contributed by atoms with Crippen LogP contribution in [0.15, 0.2) is 18.2 Å². The lowest BCUT2D eigenvalue weighted by atomic mass is 10.2. The van der Waals surface area contributed by atoms with Gasteiger partial charge >= 0.3 is 0 Å². The molecule has 0 bridgehead atoms. The van der Waals surface area contributed by atoms with E-state index in [-0.39, 0.29) is 5.69 Å². The zero-order valence-corrected chi connectivity index (χ0v) is 8.84. The highest BCUT2D eigenvalue weighted by Crippen LogP contribution is 2.22. The van der Waals surface area contributed by atoms with Crippen molar-refractivity contribution in [1.29, 1.82) is 0 Å². The van der Waals surface area contributed by atoms with E-state index in [1.54, 1.807) is 19.2 Å². The third-order valence-electron chi connectivity index (χ3n) is 1.64. The number of nitro benzene ring substituents is 1. The number of rotatable bonds is 2. The van der Waals surface area contributed by atoms with Crippen LogP contribution >= 0.6 is 11.6 Å². The lowest BCUT2D eigenvalue weighted by Crippen LogP contribution is -2.04. The van der Waals surface area contributed by atoms with Crippen LogP contribution in [0.2, 0.25) is 5.02 Å². The topological polar surface area (TPSA) is 55.2 Å². The number of halogens is 1. The molecule has 0 aliphatic rings. The number of nitro groups is 1. The van der Waals surface area contributed by atoms with Gasteiger partial charge in [-0.1, -0.05) is 23.4 Å². The van der Waals surface area contributed by atoms with E-state index in [1.165, 1.54) is 6.07 Å². The van der Waals surface area contributed by atoms with E-state index in [4.69, 9.17) is 11.6 Å². The van der Waals surface area contributed by atoms with E-state index in [1.807, 2.05) is 0 Å². The van der Waals surface area contributed by atoms with Gasteiger partial charge in [0.15, 0.2) is 0 Å². The Labute approximate surface area is 92.4 Å². The molecule has 0 amide bonds. The van der Waals surface area contributed by atoms with Gasteiger partial charge in [0.25, 0.3) is 5.69 Å². The van der Waals surface area contributed by atoms with Crippen LogP contribution < -0.4 is 5.32 Å². The monoisotopic (exact) mass is 224 g/mol. The van der Waals surface area contributed by atoms with Gasteiger partial charge < -0.3 is 5.32 Å². The average Bonchev–Trinajstić information content (AvgIpc) is 2.20. The molecule has 0 spiro atoms. The van der Waals surface area contributed by atoms with Crippen molar-refractivity contribution in [3.05, 3.63) is 38.9 Å². The normalized spacial score (nSPS) is 9.20. The Bertz CT molecular complexity index is 435. The van der Waals surface area contributed by atoms with Crippen molar-refractivity contribution in [2.24, 2.45) is 0 Å². The number of hydrogen-bond acceptors (Lipinski definition) is 3. The Balaban J connectivity index is 3.08. The van der Waals surface area contributed by atoms with Gasteiger partial charge in [-0.15, -0.1) is 0 Å². The minimum atomic E-state index is -0.491. The van der Waals surface area contributed by atoms with Gasteiger partial charge in [0, 0.05) is 11.1 Å². The molecular weight excluding hydrogens is 216 g/mol. The maximum Gasteiger partial charge on any atom is 0.286 e. The maximum atomic E-state index is 10.7. The minimum Gasteiger partial charge on any atom is -0.309 e. The summed E-state index contributed by atoms with van der Waals surface area (Å²) in [7, 11) is 1.75. The fourth-order valence-corrected chi connectivity index (χ4v) is 1.16. The number of nitrogens with one attached hydrogen (secondary N) is 1. The fraction of sp³-hybridized carbons (Fsp3) is 0.200.